The molecule has 16 heavy (non-hydrogen) atoms. The summed E-state index contributed by atoms with van der Waals surface area (Å²) in [6.45, 7) is 3.21. The minimum atomic E-state index is -1.13. The van der Waals surface area contributed by atoms with Crippen molar-refractivity contribution >= 4 is 11.9 Å². The first-order valence-corrected chi connectivity index (χ1v) is 4.83. The third-order valence-electron chi connectivity index (χ3n) is 1.81. The molecule has 1 aromatic heterocycles. The van der Waals surface area contributed by atoms with Crippen LogP contribution in [0.1, 0.15) is 27.8 Å². The van der Waals surface area contributed by atoms with E-state index in [0.29, 0.717) is 19.8 Å². The summed E-state index contributed by atoms with van der Waals surface area (Å²) in [7, 11) is 0. The molecule has 0 bridgehead atoms. The number of furan rings is 1. The summed E-state index contributed by atoms with van der Waals surface area (Å²) in [4.78, 5) is 21.9. The van der Waals surface area contributed by atoms with Crippen molar-refractivity contribution in [1.82, 2.24) is 5.32 Å². The number of carbonyl (C=O) groups excluding carboxylic acids is 1. The third-order valence-corrected chi connectivity index (χ3v) is 1.81. The van der Waals surface area contributed by atoms with E-state index >= 15 is 0 Å². The summed E-state index contributed by atoms with van der Waals surface area (Å²) in [6.07, 6.45) is 1.03. The molecule has 1 amide bonds. The molecule has 2 N–H and O–H groups in total. The van der Waals surface area contributed by atoms with Gasteiger partial charge in [0.2, 0.25) is 0 Å². The number of amides is 1. The van der Waals surface area contributed by atoms with Gasteiger partial charge in [-0.15, -0.1) is 0 Å². The van der Waals surface area contributed by atoms with Crippen LogP contribution in [0, 0.1) is 0 Å². The molecule has 1 aromatic rings. The fraction of sp³-hybridized carbons (Fsp3) is 0.400. The third kappa shape index (κ3) is 3.39. The molecule has 1 rings (SSSR count). The summed E-state index contributed by atoms with van der Waals surface area (Å²) in [5.41, 5.74) is -0.0463. The van der Waals surface area contributed by atoms with Crippen LogP contribution in [-0.2, 0) is 4.74 Å². The number of hydrogen-bond donors (Lipinski definition) is 2. The van der Waals surface area contributed by atoms with Crippen molar-refractivity contribution in [2.24, 2.45) is 0 Å². The molecule has 0 radical (unpaired) electrons. The largest absolute Gasteiger partial charge is 0.478 e. The fourth-order valence-corrected chi connectivity index (χ4v) is 1.04. The van der Waals surface area contributed by atoms with Crippen molar-refractivity contribution in [3.8, 4) is 0 Å². The van der Waals surface area contributed by atoms with Crippen LogP contribution in [0.4, 0.5) is 0 Å². The van der Waals surface area contributed by atoms with E-state index in [9.17, 15) is 9.59 Å². The lowest BCUT2D eigenvalue weighted by molar-refractivity contribution is 0.0696. The summed E-state index contributed by atoms with van der Waals surface area (Å²) < 4.78 is 9.83. The van der Waals surface area contributed by atoms with Gasteiger partial charge in [0, 0.05) is 19.2 Å². The van der Waals surface area contributed by atoms with Crippen LogP contribution >= 0.6 is 0 Å². The van der Waals surface area contributed by atoms with Crippen LogP contribution in [0.2, 0.25) is 0 Å². The monoisotopic (exact) mass is 227 g/mol. The van der Waals surface area contributed by atoms with Gasteiger partial charge in [-0.1, -0.05) is 0 Å². The smallest absolute Gasteiger partial charge is 0.338 e. The summed E-state index contributed by atoms with van der Waals surface area (Å²) in [5, 5.41) is 11.1. The maximum Gasteiger partial charge on any atom is 0.338 e. The SMILES string of the molecule is CCOCCNC(=O)c1cc(C(=O)O)co1. The molecule has 0 saturated heterocycles. The molecular weight excluding hydrogens is 214 g/mol. The van der Waals surface area contributed by atoms with E-state index in [1.54, 1.807) is 0 Å². The highest BCUT2D eigenvalue weighted by molar-refractivity contribution is 5.95. The fourth-order valence-electron chi connectivity index (χ4n) is 1.04. The van der Waals surface area contributed by atoms with Crippen molar-refractivity contribution in [2.45, 2.75) is 6.92 Å². The van der Waals surface area contributed by atoms with Crippen LogP contribution in [-0.4, -0.2) is 36.7 Å². The predicted octanol–water partition coefficient (Wildman–Crippen LogP) is 0.744. The average Bonchev–Trinajstić information content (AvgIpc) is 2.73. The van der Waals surface area contributed by atoms with Gasteiger partial charge in [-0.25, -0.2) is 4.79 Å². The zero-order chi connectivity index (χ0) is 12.0. The number of ether oxygens (including phenoxy) is 1. The van der Waals surface area contributed by atoms with Crippen LogP contribution < -0.4 is 5.32 Å². The Balaban J connectivity index is 2.43. The second-order valence-corrected chi connectivity index (χ2v) is 2.96. The highest BCUT2D eigenvalue weighted by Gasteiger charge is 2.13. The Labute approximate surface area is 92.2 Å². The van der Waals surface area contributed by atoms with E-state index in [1.165, 1.54) is 6.07 Å². The van der Waals surface area contributed by atoms with Gasteiger partial charge in [-0.3, -0.25) is 4.79 Å². The maximum atomic E-state index is 11.4. The quantitative estimate of drug-likeness (QED) is 0.700. The van der Waals surface area contributed by atoms with E-state index in [1.807, 2.05) is 6.92 Å². The van der Waals surface area contributed by atoms with Gasteiger partial charge >= 0.3 is 5.97 Å². The second kappa shape index (κ2) is 5.92. The maximum absolute atomic E-state index is 11.4. The number of aromatic carboxylic acids is 1. The first-order chi connectivity index (χ1) is 7.65. The van der Waals surface area contributed by atoms with Gasteiger partial charge in [0.25, 0.3) is 5.91 Å². The first kappa shape index (κ1) is 12.3. The first-order valence-electron chi connectivity index (χ1n) is 4.83. The zero-order valence-electron chi connectivity index (χ0n) is 8.86. The van der Waals surface area contributed by atoms with E-state index in [2.05, 4.69) is 5.32 Å². The minimum absolute atomic E-state index is 0.0195. The summed E-state index contributed by atoms with van der Waals surface area (Å²) in [6, 6.07) is 1.18. The van der Waals surface area contributed by atoms with Gasteiger partial charge in [-0.2, -0.15) is 0 Å². The molecule has 0 fully saturated rings. The molecule has 0 aliphatic heterocycles. The van der Waals surface area contributed by atoms with Crippen molar-refractivity contribution in [3.05, 3.63) is 23.7 Å². The Morgan fingerprint density at radius 2 is 2.31 bits per heavy atom. The average molecular weight is 227 g/mol. The molecular formula is C10H13NO5. The van der Waals surface area contributed by atoms with E-state index in [0.717, 1.165) is 6.26 Å². The zero-order valence-corrected chi connectivity index (χ0v) is 8.86. The molecule has 0 spiro atoms. The van der Waals surface area contributed by atoms with E-state index in [4.69, 9.17) is 14.3 Å². The molecule has 0 aliphatic carbocycles. The highest BCUT2D eigenvalue weighted by Crippen LogP contribution is 2.07. The predicted molar refractivity (Wildman–Crippen MR) is 54.5 cm³/mol. The molecule has 0 atom stereocenters. The number of carboxylic acid groups (broad SMARTS) is 1. The second-order valence-electron chi connectivity index (χ2n) is 2.96. The Morgan fingerprint density at radius 1 is 1.56 bits per heavy atom. The number of hydrogen-bond acceptors (Lipinski definition) is 4. The molecule has 0 saturated carbocycles. The van der Waals surface area contributed by atoms with Gasteiger partial charge in [-0.05, 0) is 6.92 Å². The van der Waals surface area contributed by atoms with Crippen molar-refractivity contribution in [1.29, 1.82) is 0 Å². The Kier molecular flexibility index (Phi) is 4.53. The number of nitrogens with one attached hydrogen (secondary N) is 1. The standard InChI is InChI=1S/C10H13NO5/c1-2-15-4-3-11-9(12)8-5-7(6-16-8)10(13)14/h5-6H,2-4H2,1H3,(H,11,12)(H,13,14). The van der Waals surface area contributed by atoms with Crippen molar-refractivity contribution in [3.63, 3.8) is 0 Å². The molecule has 88 valence electrons. The number of carbonyl (C=O) groups is 2. The molecule has 6 heteroatoms. The Hall–Kier alpha value is -1.82. The minimum Gasteiger partial charge on any atom is -0.478 e. The Morgan fingerprint density at radius 3 is 2.88 bits per heavy atom. The van der Waals surface area contributed by atoms with Crippen molar-refractivity contribution < 1.29 is 23.8 Å². The van der Waals surface area contributed by atoms with Gasteiger partial charge in [0.15, 0.2) is 5.76 Å². The Bertz CT molecular complexity index is 371. The van der Waals surface area contributed by atoms with Crippen LogP contribution in [0.5, 0.6) is 0 Å². The molecule has 6 nitrogen and oxygen atoms in total. The van der Waals surface area contributed by atoms with Crippen LogP contribution in [0.15, 0.2) is 16.7 Å². The topological polar surface area (TPSA) is 88.8 Å². The van der Waals surface area contributed by atoms with Crippen LogP contribution in [0.25, 0.3) is 0 Å². The van der Waals surface area contributed by atoms with Crippen molar-refractivity contribution in [2.75, 3.05) is 19.8 Å². The van der Waals surface area contributed by atoms with Gasteiger partial charge < -0.3 is 19.6 Å². The molecule has 1 heterocycles. The van der Waals surface area contributed by atoms with Gasteiger partial charge in [0.05, 0.1) is 12.2 Å². The van der Waals surface area contributed by atoms with E-state index in [-0.39, 0.29) is 11.3 Å². The number of carboxylic acids is 1. The lowest BCUT2D eigenvalue weighted by atomic mass is 10.3. The van der Waals surface area contributed by atoms with E-state index < -0.39 is 11.9 Å². The molecule has 0 unspecified atom stereocenters. The molecule has 0 aliphatic rings. The lowest BCUT2D eigenvalue weighted by Gasteiger charge is -2.02. The van der Waals surface area contributed by atoms with Crippen LogP contribution in [0.3, 0.4) is 0 Å². The number of rotatable bonds is 6. The summed E-state index contributed by atoms with van der Waals surface area (Å²) >= 11 is 0. The molecule has 0 aromatic carbocycles. The normalized spacial score (nSPS) is 10.1. The highest BCUT2D eigenvalue weighted by atomic mass is 16.5. The summed E-state index contributed by atoms with van der Waals surface area (Å²) in [5.74, 6) is -1.60. The lowest BCUT2D eigenvalue weighted by Crippen LogP contribution is -2.26. The van der Waals surface area contributed by atoms with Gasteiger partial charge in [0.1, 0.15) is 6.26 Å².